The van der Waals surface area contributed by atoms with Gasteiger partial charge in [-0.3, -0.25) is 9.59 Å². The fourth-order valence-corrected chi connectivity index (χ4v) is 2.90. The van der Waals surface area contributed by atoms with Crippen molar-refractivity contribution >= 4 is 28.2 Å². The molecule has 0 saturated heterocycles. The molecule has 152 valence electrons. The quantitative estimate of drug-likeness (QED) is 0.396. The molecule has 0 radical (unpaired) electrons. The van der Waals surface area contributed by atoms with Gasteiger partial charge in [0.15, 0.2) is 6.29 Å². The first-order valence-corrected chi connectivity index (χ1v) is 9.63. The summed E-state index contributed by atoms with van der Waals surface area (Å²) in [4.78, 5) is 28.5. The van der Waals surface area contributed by atoms with Crippen LogP contribution in [0.2, 0.25) is 0 Å². The van der Waals surface area contributed by atoms with Gasteiger partial charge in [-0.25, -0.2) is 0 Å². The van der Waals surface area contributed by atoms with Gasteiger partial charge in [-0.1, -0.05) is 26.0 Å². The van der Waals surface area contributed by atoms with Crippen LogP contribution in [0.4, 0.5) is 11.4 Å². The lowest BCUT2D eigenvalue weighted by Gasteiger charge is -2.20. The summed E-state index contributed by atoms with van der Waals surface area (Å²) >= 11 is 0. The van der Waals surface area contributed by atoms with Gasteiger partial charge in [0.1, 0.15) is 11.3 Å². The minimum Gasteiger partial charge on any atom is -0.463 e. The number of carbonyl (C=O) groups excluding carboxylic acids is 1. The Kier molecular flexibility index (Phi) is 6.51. The van der Waals surface area contributed by atoms with Crippen molar-refractivity contribution in [2.45, 2.75) is 33.0 Å². The lowest BCUT2D eigenvalue weighted by molar-refractivity contribution is -0.0809. The summed E-state index contributed by atoms with van der Waals surface area (Å²) < 4.78 is 11.6. The van der Waals surface area contributed by atoms with Crippen LogP contribution in [0.3, 0.4) is 0 Å². The highest BCUT2D eigenvalue weighted by molar-refractivity contribution is 6.06. The molecule has 0 fully saturated rings. The average molecular weight is 395 g/mol. The van der Waals surface area contributed by atoms with E-state index in [1.165, 1.54) is 6.20 Å². The molecule has 7 nitrogen and oxygen atoms in total. The number of amides is 1. The molecule has 0 aliphatic carbocycles. The predicted molar refractivity (Wildman–Crippen MR) is 114 cm³/mol. The van der Waals surface area contributed by atoms with Gasteiger partial charge in [0, 0.05) is 29.2 Å². The molecule has 29 heavy (non-hydrogen) atoms. The van der Waals surface area contributed by atoms with Crippen molar-refractivity contribution in [3.63, 3.8) is 0 Å². The van der Waals surface area contributed by atoms with E-state index in [0.29, 0.717) is 41.1 Å². The number of nitrogens with one attached hydrogen (secondary N) is 2. The maximum absolute atomic E-state index is 12.8. The second-order valence-corrected chi connectivity index (χ2v) is 6.61. The van der Waals surface area contributed by atoms with Crippen LogP contribution in [-0.4, -0.2) is 23.8 Å². The van der Waals surface area contributed by atoms with Crippen LogP contribution in [0.5, 0.6) is 5.75 Å². The molecular formula is C22H25N3O4. The van der Waals surface area contributed by atoms with Gasteiger partial charge >= 0.3 is 0 Å². The minimum atomic E-state index is -0.546. The Bertz CT molecular complexity index is 1060. The molecular weight excluding hydrogens is 370 g/mol. The van der Waals surface area contributed by atoms with E-state index in [2.05, 4.69) is 10.3 Å². The second-order valence-electron chi connectivity index (χ2n) is 6.61. The van der Waals surface area contributed by atoms with Crippen LogP contribution >= 0.6 is 0 Å². The van der Waals surface area contributed by atoms with Crippen molar-refractivity contribution in [1.82, 2.24) is 4.98 Å². The van der Waals surface area contributed by atoms with Gasteiger partial charge in [0.25, 0.3) is 5.91 Å². The summed E-state index contributed by atoms with van der Waals surface area (Å²) in [5.41, 5.74) is 7.05. The lowest BCUT2D eigenvalue weighted by Crippen LogP contribution is -2.24. The fraction of sp³-hybridized carbons (Fsp3) is 0.273. The number of pyridine rings is 1. The first kappa shape index (κ1) is 20.4. The zero-order valence-electron chi connectivity index (χ0n) is 16.5. The Balaban J connectivity index is 1.88. The number of aromatic nitrogens is 1. The van der Waals surface area contributed by atoms with E-state index in [1.807, 2.05) is 19.9 Å². The average Bonchev–Trinajstić information content (AvgIpc) is 2.73. The molecule has 1 aromatic heterocycles. The van der Waals surface area contributed by atoms with Gasteiger partial charge in [0.05, 0.1) is 12.3 Å². The Morgan fingerprint density at radius 2 is 2.00 bits per heavy atom. The largest absolute Gasteiger partial charge is 0.463 e. The topological polar surface area (TPSA) is 106 Å². The summed E-state index contributed by atoms with van der Waals surface area (Å²) in [5.74, 6) is -0.123. The Labute approximate surface area is 168 Å². The SMILES string of the molecule is CCCOC(CC)Oc1ccc(N)cc1NC(=O)c1c[nH]c2ccccc2c1=O. The maximum atomic E-state index is 12.8. The number of benzene rings is 2. The third-order valence-corrected chi connectivity index (χ3v) is 4.38. The number of H-pyrrole nitrogens is 1. The number of fused-ring (bicyclic) bond motifs is 1. The molecule has 3 aromatic rings. The molecule has 1 amide bonds. The Morgan fingerprint density at radius 1 is 1.21 bits per heavy atom. The van der Waals surface area contributed by atoms with E-state index in [0.717, 1.165) is 6.42 Å². The molecule has 0 aliphatic heterocycles. The van der Waals surface area contributed by atoms with Crippen molar-refractivity contribution < 1.29 is 14.3 Å². The summed E-state index contributed by atoms with van der Waals surface area (Å²) in [5, 5.41) is 3.19. The molecule has 4 N–H and O–H groups in total. The Hall–Kier alpha value is -3.32. The highest BCUT2D eigenvalue weighted by atomic mass is 16.7. The van der Waals surface area contributed by atoms with Gasteiger partial charge < -0.3 is 25.5 Å². The van der Waals surface area contributed by atoms with Gasteiger partial charge in [-0.05, 0) is 36.8 Å². The molecule has 7 heteroatoms. The molecule has 0 saturated carbocycles. The summed E-state index contributed by atoms with van der Waals surface area (Å²) in [6.45, 7) is 4.54. The van der Waals surface area contributed by atoms with Crippen molar-refractivity contribution in [3.8, 4) is 5.75 Å². The predicted octanol–water partition coefficient (Wildman–Crippen LogP) is 3.90. The van der Waals surface area contributed by atoms with Crippen molar-refractivity contribution in [2.24, 2.45) is 0 Å². The Morgan fingerprint density at radius 3 is 2.76 bits per heavy atom. The van der Waals surface area contributed by atoms with Crippen LogP contribution in [0.1, 0.15) is 37.0 Å². The molecule has 0 bridgehead atoms. The third kappa shape index (κ3) is 4.75. The molecule has 0 spiro atoms. The maximum Gasteiger partial charge on any atom is 0.261 e. The monoisotopic (exact) mass is 395 g/mol. The molecule has 2 aromatic carbocycles. The van der Waals surface area contributed by atoms with E-state index in [1.54, 1.807) is 36.4 Å². The second kappa shape index (κ2) is 9.25. The zero-order chi connectivity index (χ0) is 20.8. The van der Waals surface area contributed by atoms with Gasteiger partial charge in [-0.15, -0.1) is 0 Å². The van der Waals surface area contributed by atoms with E-state index < -0.39 is 12.2 Å². The van der Waals surface area contributed by atoms with Gasteiger partial charge in [-0.2, -0.15) is 0 Å². The number of para-hydroxylation sites is 1. The third-order valence-electron chi connectivity index (χ3n) is 4.38. The number of ether oxygens (including phenoxy) is 2. The highest BCUT2D eigenvalue weighted by Gasteiger charge is 2.17. The number of aromatic amines is 1. The number of carbonyl (C=O) groups is 1. The fourth-order valence-electron chi connectivity index (χ4n) is 2.90. The van der Waals surface area contributed by atoms with Crippen molar-refractivity contribution in [3.05, 3.63) is 64.4 Å². The van der Waals surface area contributed by atoms with Crippen molar-refractivity contribution in [1.29, 1.82) is 0 Å². The van der Waals surface area contributed by atoms with E-state index >= 15 is 0 Å². The van der Waals surface area contributed by atoms with Gasteiger partial charge in [0.2, 0.25) is 5.43 Å². The number of rotatable bonds is 8. The van der Waals surface area contributed by atoms with E-state index in [4.69, 9.17) is 15.2 Å². The first-order chi connectivity index (χ1) is 14.0. The van der Waals surface area contributed by atoms with Crippen LogP contribution in [0, 0.1) is 0 Å². The summed E-state index contributed by atoms with van der Waals surface area (Å²) in [7, 11) is 0. The normalized spacial score (nSPS) is 11.9. The highest BCUT2D eigenvalue weighted by Crippen LogP contribution is 2.29. The number of nitrogens with two attached hydrogens (primary N) is 1. The van der Waals surface area contributed by atoms with Crippen LogP contribution in [0.15, 0.2) is 53.5 Å². The molecule has 0 aliphatic rings. The smallest absolute Gasteiger partial charge is 0.261 e. The number of hydrogen-bond donors (Lipinski definition) is 3. The number of anilines is 2. The number of hydrogen-bond acceptors (Lipinski definition) is 5. The van der Waals surface area contributed by atoms with Crippen LogP contribution in [-0.2, 0) is 4.74 Å². The lowest BCUT2D eigenvalue weighted by atomic mass is 10.1. The summed E-state index contributed by atoms with van der Waals surface area (Å²) in [6.07, 6.45) is 2.47. The minimum absolute atomic E-state index is 0.00588. The molecule has 3 rings (SSSR count). The van der Waals surface area contributed by atoms with E-state index in [9.17, 15) is 9.59 Å². The standard InChI is InChI=1S/C22H25N3O4/c1-3-11-28-20(4-2)29-19-10-9-14(23)12-18(19)25-22(27)16-13-24-17-8-6-5-7-15(17)21(16)26/h5-10,12-13,20H,3-4,11,23H2,1-2H3,(H,24,26)(H,25,27). The van der Waals surface area contributed by atoms with Crippen molar-refractivity contribution in [2.75, 3.05) is 17.7 Å². The molecule has 1 unspecified atom stereocenters. The molecule has 1 atom stereocenters. The van der Waals surface area contributed by atoms with E-state index in [-0.39, 0.29) is 11.0 Å². The van der Waals surface area contributed by atoms with Crippen LogP contribution < -0.4 is 21.2 Å². The number of nitrogen functional groups attached to an aromatic ring is 1. The van der Waals surface area contributed by atoms with Crippen LogP contribution in [0.25, 0.3) is 10.9 Å². The summed E-state index contributed by atoms with van der Waals surface area (Å²) in [6, 6.07) is 12.0. The first-order valence-electron chi connectivity index (χ1n) is 9.63. The zero-order valence-corrected chi connectivity index (χ0v) is 16.5. The molecule has 1 heterocycles.